The Labute approximate surface area is 111 Å². The number of nitrogens with one attached hydrogen (secondary N) is 1. The number of hydrogen-bond donors (Lipinski definition) is 2. The van der Waals surface area contributed by atoms with Crippen LogP contribution in [0.1, 0.15) is 12.0 Å². The van der Waals surface area contributed by atoms with Gasteiger partial charge < -0.3 is 10.4 Å². The largest absolute Gasteiger partial charge is 0.480 e. The maximum atomic E-state index is 11.0. The first kappa shape index (κ1) is 14.4. The molecule has 0 bridgehead atoms. The highest BCUT2D eigenvalue weighted by molar-refractivity contribution is 7.98. The molecule has 0 aromatic heterocycles. The zero-order valence-corrected chi connectivity index (χ0v) is 11.2. The summed E-state index contributed by atoms with van der Waals surface area (Å²) in [6.07, 6.45) is 2.60. The molecule has 0 saturated heterocycles. The molecule has 1 unspecified atom stereocenters. The molecule has 94 valence electrons. The molecule has 0 aliphatic heterocycles. The molecule has 2 N–H and O–H groups in total. The lowest BCUT2D eigenvalue weighted by atomic mass is 10.2. The Morgan fingerprint density at radius 3 is 2.65 bits per heavy atom. The number of hydrogen-bond acceptors (Lipinski definition) is 3. The Morgan fingerprint density at radius 2 is 2.12 bits per heavy atom. The molecule has 3 nitrogen and oxygen atoms in total. The van der Waals surface area contributed by atoms with Gasteiger partial charge in [-0.05, 0) is 36.1 Å². The van der Waals surface area contributed by atoms with Crippen LogP contribution in [0.5, 0.6) is 0 Å². The first-order valence-electron chi connectivity index (χ1n) is 5.33. The number of carboxylic acid groups (broad SMARTS) is 1. The Balaban J connectivity index is 2.45. The van der Waals surface area contributed by atoms with Crippen LogP contribution in [0.4, 0.5) is 0 Å². The van der Waals surface area contributed by atoms with Crippen LogP contribution in [0.15, 0.2) is 24.3 Å². The molecule has 1 atom stereocenters. The van der Waals surface area contributed by atoms with E-state index in [-0.39, 0.29) is 0 Å². The van der Waals surface area contributed by atoms with E-state index in [4.69, 9.17) is 16.7 Å². The summed E-state index contributed by atoms with van der Waals surface area (Å²) in [7, 11) is 0. The van der Waals surface area contributed by atoms with E-state index in [9.17, 15) is 4.79 Å². The first-order valence-corrected chi connectivity index (χ1v) is 7.10. The number of rotatable bonds is 7. The van der Waals surface area contributed by atoms with E-state index in [0.29, 0.717) is 18.0 Å². The molecule has 0 radical (unpaired) electrons. The molecular formula is C12H16ClNO2S. The third-order valence-electron chi connectivity index (χ3n) is 2.37. The molecule has 1 rings (SSSR count). The summed E-state index contributed by atoms with van der Waals surface area (Å²) in [5.74, 6) is 0.0397. The fourth-order valence-electron chi connectivity index (χ4n) is 1.39. The fourth-order valence-corrected chi connectivity index (χ4v) is 1.99. The highest BCUT2D eigenvalue weighted by atomic mass is 35.5. The van der Waals surface area contributed by atoms with E-state index in [1.54, 1.807) is 23.9 Å². The molecule has 0 heterocycles. The van der Waals surface area contributed by atoms with Gasteiger partial charge in [-0.2, -0.15) is 11.8 Å². The average molecular weight is 274 g/mol. The molecule has 0 fully saturated rings. The van der Waals surface area contributed by atoms with Gasteiger partial charge in [0.15, 0.2) is 0 Å². The minimum absolute atomic E-state index is 0.488. The van der Waals surface area contributed by atoms with Gasteiger partial charge in [0.1, 0.15) is 6.04 Å². The van der Waals surface area contributed by atoms with Crippen molar-refractivity contribution in [3.8, 4) is 0 Å². The number of thioether (sulfide) groups is 1. The van der Waals surface area contributed by atoms with Crippen molar-refractivity contribution in [3.05, 3.63) is 34.9 Å². The Hall–Kier alpha value is -0.710. The van der Waals surface area contributed by atoms with Crippen LogP contribution in [0.25, 0.3) is 0 Å². The molecule has 0 amide bonds. The van der Waals surface area contributed by atoms with Crippen molar-refractivity contribution >= 4 is 29.3 Å². The highest BCUT2D eigenvalue weighted by Gasteiger charge is 2.15. The molecule has 1 aromatic rings. The minimum Gasteiger partial charge on any atom is -0.480 e. The van der Waals surface area contributed by atoms with E-state index >= 15 is 0 Å². The van der Waals surface area contributed by atoms with Gasteiger partial charge >= 0.3 is 5.97 Å². The van der Waals surface area contributed by atoms with Gasteiger partial charge in [0.25, 0.3) is 0 Å². The molecule has 0 spiro atoms. The Kier molecular flexibility index (Phi) is 6.40. The molecule has 1 aromatic carbocycles. The van der Waals surface area contributed by atoms with Crippen LogP contribution in [0.2, 0.25) is 5.02 Å². The fraction of sp³-hybridized carbons (Fsp3) is 0.417. The SMILES string of the molecule is CSCCC(NCc1ccc(Cl)cc1)C(=O)O. The zero-order chi connectivity index (χ0) is 12.7. The van der Waals surface area contributed by atoms with Gasteiger partial charge in [0.2, 0.25) is 0 Å². The monoisotopic (exact) mass is 273 g/mol. The van der Waals surface area contributed by atoms with Crippen molar-refractivity contribution in [2.45, 2.75) is 19.0 Å². The topological polar surface area (TPSA) is 49.3 Å². The quantitative estimate of drug-likeness (QED) is 0.802. The molecule has 17 heavy (non-hydrogen) atoms. The van der Waals surface area contributed by atoms with Crippen molar-refractivity contribution in [2.75, 3.05) is 12.0 Å². The second kappa shape index (κ2) is 7.58. The molecule has 0 saturated carbocycles. The summed E-state index contributed by atoms with van der Waals surface area (Å²) in [5.41, 5.74) is 1.03. The van der Waals surface area contributed by atoms with Crippen LogP contribution in [-0.4, -0.2) is 29.1 Å². The average Bonchev–Trinajstić information content (AvgIpc) is 2.31. The third kappa shape index (κ3) is 5.44. The van der Waals surface area contributed by atoms with Gasteiger partial charge in [0.05, 0.1) is 0 Å². The van der Waals surface area contributed by atoms with Gasteiger partial charge in [-0.1, -0.05) is 23.7 Å². The summed E-state index contributed by atoms with van der Waals surface area (Å²) in [5, 5.41) is 12.7. The first-order chi connectivity index (χ1) is 8.13. The van der Waals surface area contributed by atoms with Crippen molar-refractivity contribution in [1.29, 1.82) is 0 Å². The lowest BCUT2D eigenvalue weighted by molar-refractivity contribution is -0.139. The second-order valence-corrected chi connectivity index (χ2v) is 5.10. The van der Waals surface area contributed by atoms with E-state index in [1.165, 1.54) is 0 Å². The normalized spacial score (nSPS) is 12.4. The lowest BCUT2D eigenvalue weighted by Gasteiger charge is -2.13. The van der Waals surface area contributed by atoms with Crippen molar-refractivity contribution in [2.24, 2.45) is 0 Å². The van der Waals surface area contributed by atoms with Crippen LogP contribution >= 0.6 is 23.4 Å². The van der Waals surface area contributed by atoms with Crippen LogP contribution in [-0.2, 0) is 11.3 Å². The van der Waals surface area contributed by atoms with E-state index in [1.807, 2.05) is 18.4 Å². The predicted octanol–water partition coefficient (Wildman–Crippen LogP) is 2.64. The lowest BCUT2D eigenvalue weighted by Crippen LogP contribution is -2.36. The van der Waals surface area contributed by atoms with Gasteiger partial charge in [0, 0.05) is 11.6 Å². The van der Waals surface area contributed by atoms with Crippen molar-refractivity contribution in [3.63, 3.8) is 0 Å². The van der Waals surface area contributed by atoms with Crippen LogP contribution in [0.3, 0.4) is 0 Å². The molecule has 0 aliphatic carbocycles. The van der Waals surface area contributed by atoms with Crippen LogP contribution < -0.4 is 5.32 Å². The predicted molar refractivity (Wildman–Crippen MR) is 72.7 cm³/mol. The number of aliphatic carboxylic acids is 1. The van der Waals surface area contributed by atoms with Gasteiger partial charge in [-0.25, -0.2) is 0 Å². The molecular weight excluding hydrogens is 258 g/mol. The molecule has 5 heteroatoms. The number of benzene rings is 1. The van der Waals surface area contributed by atoms with E-state index < -0.39 is 12.0 Å². The van der Waals surface area contributed by atoms with E-state index in [0.717, 1.165) is 11.3 Å². The maximum absolute atomic E-state index is 11.0. The second-order valence-electron chi connectivity index (χ2n) is 3.68. The highest BCUT2D eigenvalue weighted by Crippen LogP contribution is 2.10. The van der Waals surface area contributed by atoms with Crippen molar-refractivity contribution in [1.82, 2.24) is 5.32 Å². The summed E-state index contributed by atoms with van der Waals surface area (Å²) in [4.78, 5) is 11.0. The minimum atomic E-state index is -0.798. The standard InChI is InChI=1S/C12H16ClNO2S/c1-17-7-6-11(12(15)16)14-8-9-2-4-10(13)5-3-9/h2-5,11,14H,6-8H2,1H3,(H,15,16). The van der Waals surface area contributed by atoms with E-state index in [2.05, 4.69) is 5.32 Å². The van der Waals surface area contributed by atoms with Crippen molar-refractivity contribution < 1.29 is 9.90 Å². The summed E-state index contributed by atoms with van der Waals surface area (Å²) >= 11 is 7.43. The van der Waals surface area contributed by atoms with Crippen LogP contribution in [0, 0.1) is 0 Å². The van der Waals surface area contributed by atoms with Gasteiger partial charge in [-0.3, -0.25) is 4.79 Å². The number of carboxylic acids is 1. The zero-order valence-electron chi connectivity index (χ0n) is 9.65. The third-order valence-corrected chi connectivity index (χ3v) is 3.27. The number of halogens is 1. The maximum Gasteiger partial charge on any atom is 0.320 e. The van der Waals surface area contributed by atoms with Gasteiger partial charge in [-0.15, -0.1) is 0 Å². The molecule has 0 aliphatic rings. The Bertz CT molecular complexity index is 356. The summed E-state index contributed by atoms with van der Waals surface area (Å²) in [6.45, 7) is 0.544. The summed E-state index contributed by atoms with van der Waals surface area (Å²) in [6, 6.07) is 6.90. The Morgan fingerprint density at radius 1 is 1.47 bits per heavy atom. The summed E-state index contributed by atoms with van der Waals surface area (Å²) < 4.78 is 0. The number of carbonyl (C=O) groups is 1. The smallest absolute Gasteiger partial charge is 0.320 e.